The summed E-state index contributed by atoms with van der Waals surface area (Å²) in [5.41, 5.74) is 7.10. The first-order valence-electron chi connectivity index (χ1n) is 13.9. The number of fused-ring (bicyclic) bond motifs is 1. The third-order valence-electron chi connectivity index (χ3n) is 7.76. The quantitative estimate of drug-likeness (QED) is 0.267. The van der Waals surface area contributed by atoms with Gasteiger partial charge in [0.1, 0.15) is 5.75 Å². The van der Waals surface area contributed by atoms with Gasteiger partial charge in [-0.3, -0.25) is 4.79 Å². The van der Waals surface area contributed by atoms with Crippen molar-refractivity contribution in [2.45, 2.75) is 65.5 Å². The van der Waals surface area contributed by atoms with Crippen LogP contribution in [0.3, 0.4) is 0 Å². The fourth-order valence-electron chi connectivity index (χ4n) is 5.35. The molecule has 0 unspecified atom stereocenters. The Bertz CT molecular complexity index is 1150. The van der Waals surface area contributed by atoms with E-state index in [4.69, 9.17) is 4.74 Å². The molecule has 0 spiro atoms. The lowest BCUT2D eigenvalue weighted by Gasteiger charge is -2.39. The highest BCUT2D eigenvalue weighted by Crippen LogP contribution is 2.31. The first-order valence-corrected chi connectivity index (χ1v) is 13.9. The maximum Gasteiger partial charge on any atom is 0.254 e. The molecule has 1 aliphatic rings. The van der Waals surface area contributed by atoms with Crippen LogP contribution in [0.4, 0.5) is 0 Å². The fourth-order valence-corrected chi connectivity index (χ4v) is 5.35. The van der Waals surface area contributed by atoms with Gasteiger partial charge in [-0.15, -0.1) is 0 Å². The molecule has 1 atom stereocenters. The zero-order valence-corrected chi connectivity index (χ0v) is 23.0. The molecule has 0 N–H and O–H groups in total. The molecule has 4 nitrogen and oxygen atoms in total. The molecule has 0 aromatic heterocycles. The summed E-state index contributed by atoms with van der Waals surface area (Å²) < 4.78 is 5.32. The predicted octanol–water partition coefficient (Wildman–Crippen LogP) is 7.00. The minimum absolute atomic E-state index is 0.141. The van der Waals surface area contributed by atoms with Crippen LogP contribution in [0.2, 0.25) is 0 Å². The number of hydrogen-bond acceptors (Lipinski definition) is 3. The molecule has 196 valence electrons. The molecule has 0 saturated heterocycles. The van der Waals surface area contributed by atoms with Crippen LogP contribution in [0, 0.1) is 0 Å². The van der Waals surface area contributed by atoms with Gasteiger partial charge in [0.2, 0.25) is 0 Å². The highest BCUT2D eigenvalue weighted by molar-refractivity contribution is 5.94. The van der Waals surface area contributed by atoms with Gasteiger partial charge in [-0.1, -0.05) is 76.1 Å². The van der Waals surface area contributed by atoms with E-state index in [2.05, 4.69) is 73.0 Å². The van der Waals surface area contributed by atoms with E-state index in [1.165, 1.54) is 47.1 Å². The lowest BCUT2D eigenvalue weighted by Crippen LogP contribution is -2.50. The third-order valence-corrected chi connectivity index (χ3v) is 7.76. The van der Waals surface area contributed by atoms with Crippen molar-refractivity contribution >= 4 is 5.91 Å². The van der Waals surface area contributed by atoms with Gasteiger partial charge in [0, 0.05) is 24.7 Å². The van der Waals surface area contributed by atoms with Crippen molar-refractivity contribution in [1.29, 1.82) is 0 Å². The summed E-state index contributed by atoms with van der Waals surface area (Å²) in [6.45, 7) is 10.1. The minimum atomic E-state index is 0.141. The number of rotatable bonds is 11. The first kappa shape index (κ1) is 26.9. The van der Waals surface area contributed by atoms with Gasteiger partial charge in [-0.25, -0.2) is 0 Å². The Balaban J connectivity index is 1.58. The third kappa shape index (κ3) is 6.61. The molecule has 4 heteroatoms. The number of benzene rings is 3. The number of amides is 1. The van der Waals surface area contributed by atoms with Crippen LogP contribution in [0.25, 0.3) is 11.1 Å². The number of likely N-dealkylation sites (N-methyl/N-ethyl adjacent to an activating group) is 1. The zero-order chi connectivity index (χ0) is 26.2. The zero-order valence-electron chi connectivity index (χ0n) is 23.0. The summed E-state index contributed by atoms with van der Waals surface area (Å²) in [5.74, 6) is 1.01. The number of unbranched alkanes of at least 4 members (excludes halogenated alkanes) is 2. The molecule has 37 heavy (non-hydrogen) atoms. The van der Waals surface area contributed by atoms with Crippen LogP contribution in [0.15, 0.2) is 66.7 Å². The summed E-state index contributed by atoms with van der Waals surface area (Å²) in [5, 5.41) is 0. The van der Waals surface area contributed by atoms with E-state index in [0.29, 0.717) is 6.54 Å². The second kappa shape index (κ2) is 12.9. The van der Waals surface area contributed by atoms with E-state index in [-0.39, 0.29) is 11.9 Å². The summed E-state index contributed by atoms with van der Waals surface area (Å²) in [4.78, 5) is 18.3. The molecule has 3 aromatic carbocycles. The number of carbonyl (C=O) groups excluding carboxylic acids is 1. The molecule has 0 radical (unpaired) electrons. The normalized spacial score (nSPS) is 15.1. The second-order valence-corrected chi connectivity index (χ2v) is 10.1. The van der Waals surface area contributed by atoms with E-state index in [9.17, 15) is 4.79 Å². The highest BCUT2D eigenvalue weighted by atomic mass is 16.5. The Morgan fingerprint density at radius 3 is 2.24 bits per heavy atom. The van der Waals surface area contributed by atoms with Crippen molar-refractivity contribution in [3.05, 3.63) is 89.0 Å². The van der Waals surface area contributed by atoms with Crippen LogP contribution in [0.5, 0.6) is 5.75 Å². The van der Waals surface area contributed by atoms with Gasteiger partial charge in [-0.2, -0.15) is 0 Å². The van der Waals surface area contributed by atoms with E-state index >= 15 is 0 Å². The molecule has 0 saturated carbocycles. The van der Waals surface area contributed by atoms with Crippen molar-refractivity contribution < 1.29 is 9.53 Å². The highest BCUT2D eigenvalue weighted by Gasteiger charge is 2.31. The molecule has 4 rings (SSSR count). The number of ether oxygens (including phenoxy) is 1. The Morgan fingerprint density at radius 2 is 1.59 bits per heavy atom. The van der Waals surface area contributed by atoms with Gasteiger partial charge < -0.3 is 14.5 Å². The topological polar surface area (TPSA) is 32.8 Å². The average Bonchev–Trinajstić information content (AvgIpc) is 2.95. The van der Waals surface area contributed by atoms with E-state index in [1.54, 1.807) is 7.11 Å². The van der Waals surface area contributed by atoms with Crippen LogP contribution in [-0.2, 0) is 19.4 Å². The van der Waals surface area contributed by atoms with Gasteiger partial charge in [0.25, 0.3) is 5.91 Å². The van der Waals surface area contributed by atoms with Crippen molar-refractivity contribution in [2.75, 3.05) is 26.7 Å². The van der Waals surface area contributed by atoms with Crippen LogP contribution < -0.4 is 4.74 Å². The molecule has 3 aromatic rings. The van der Waals surface area contributed by atoms with Crippen LogP contribution >= 0.6 is 0 Å². The molecule has 1 heterocycles. The predicted molar refractivity (Wildman–Crippen MR) is 153 cm³/mol. The van der Waals surface area contributed by atoms with Crippen LogP contribution in [-0.4, -0.2) is 48.5 Å². The van der Waals surface area contributed by atoms with Crippen LogP contribution in [0.1, 0.15) is 67.1 Å². The number of hydrogen-bond donors (Lipinski definition) is 0. The molecule has 0 bridgehead atoms. The molecule has 0 aliphatic carbocycles. The van der Waals surface area contributed by atoms with Crippen molar-refractivity contribution in [3.63, 3.8) is 0 Å². The lowest BCUT2D eigenvalue weighted by atomic mass is 9.90. The second-order valence-electron chi connectivity index (χ2n) is 10.1. The monoisotopic (exact) mass is 498 g/mol. The first-order chi connectivity index (χ1) is 18.1. The van der Waals surface area contributed by atoms with Crippen molar-refractivity contribution in [3.8, 4) is 16.9 Å². The standard InChI is InChI=1S/C33H42N2O2/c1-5-8-9-10-25-11-13-27(14-12-25)33(36)35-23-29-16-15-28(26-17-19-32(37-4)20-18-26)21-30(29)22-31(35)24-34(6-2)7-3/h11-21,31H,5-10,22-24H2,1-4H3/t31-/m1/s1. The number of carbonyl (C=O) groups is 1. The summed E-state index contributed by atoms with van der Waals surface area (Å²) in [6, 6.07) is 23.4. The Labute approximate surface area is 223 Å². The average molecular weight is 499 g/mol. The summed E-state index contributed by atoms with van der Waals surface area (Å²) in [7, 11) is 1.69. The lowest BCUT2D eigenvalue weighted by molar-refractivity contribution is 0.0586. The molecule has 1 aliphatic heterocycles. The van der Waals surface area contributed by atoms with Gasteiger partial charge in [0.05, 0.1) is 7.11 Å². The molecule has 1 amide bonds. The van der Waals surface area contributed by atoms with Gasteiger partial charge in [-0.05, 0) is 84.4 Å². The number of methoxy groups -OCH3 is 1. The largest absolute Gasteiger partial charge is 0.497 e. The van der Waals surface area contributed by atoms with E-state index < -0.39 is 0 Å². The summed E-state index contributed by atoms with van der Waals surface area (Å²) in [6.07, 6.45) is 5.64. The molecule has 0 fully saturated rings. The number of aryl methyl sites for hydroxylation is 1. The van der Waals surface area contributed by atoms with Gasteiger partial charge >= 0.3 is 0 Å². The smallest absolute Gasteiger partial charge is 0.254 e. The SMILES string of the molecule is CCCCCc1ccc(C(=O)N2Cc3ccc(-c4ccc(OC)cc4)cc3C[C@@H]2CN(CC)CC)cc1. The van der Waals surface area contributed by atoms with E-state index in [1.807, 2.05) is 24.3 Å². The minimum Gasteiger partial charge on any atom is -0.497 e. The molecular formula is C33H42N2O2. The number of nitrogens with zero attached hydrogens (tertiary/aromatic N) is 2. The van der Waals surface area contributed by atoms with Gasteiger partial charge in [0.15, 0.2) is 0 Å². The maximum absolute atomic E-state index is 13.8. The fraction of sp³-hybridized carbons (Fsp3) is 0.424. The van der Waals surface area contributed by atoms with Crippen molar-refractivity contribution in [1.82, 2.24) is 9.80 Å². The maximum atomic E-state index is 13.8. The molecular weight excluding hydrogens is 456 g/mol. The van der Waals surface area contributed by atoms with E-state index in [0.717, 1.165) is 43.8 Å². The Kier molecular flexibility index (Phi) is 9.40. The summed E-state index contributed by atoms with van der Waals surface area (Å²) >= 11 is 0. The van der Waals surface area contributed by atoms with Crippen molar-refractivity contribution in [2.24, 2.45) is 0 Å². The Morgan fingerprint density at radius 1 is 0.892 bits per heavy atom. The Hall–Kier alpha value is -3.11.